The van der Waals surface area contributed by atoms with E-state index in [1.54, 1.807) is 23.5 Å². The fourth-order valence-corrected chi connectivity index (χ4v) is 3.27. The number of benzene rings is 1. The first-order valence-corrected chi connectivity index (χ1v) is 6.91. The van der Waals surface area contributed by atoms with Crippen LogP contribution in [0, 0.1) is 19.7 Å². The van der Waals surface area contributed by atoms with Gasteiger partial charge in [0, 0.05) is 20.3 Å². The van der Waals surface area contributed by atoms with Crippen molar-refractivity contribution in [1.29, 1.82) is 0 Å². The Morgan fingerprint density at radius 2 is 1.94 bits per heavy atom. The first-order valence-electron chi connectivity index (χ1n) is 5.72. The first-order chi connectivity index (χ1) is 8.52. The zero-order valence-electron chi connectivity index (χ0n) is 10.6. The maximum Gasteiger partial charge on any atom is 0.129 e. The van der Waals surface area contributed by atoms with E-state index in [9.17, 15) is 4.39 Å². The minimum Gasteiger partial charge on any atom is -0.309 e. The first kappa shape index (κ1) is 13.5. The lowest BCUT2D eigenvalue weighted by molar-refractivity contribution is 0.576. The summed E-state index contributed by atoms with van der Waals surface area (Å²) >= 11 is 7.52. The molecule has 1 aromatic heterocycles. The van der Waals surface area contributed by atoms with Gasteiger partial charge >= 0.3 is 0 Å². The Balaban J connectivity index is 2.48. The van der Waals surface area contributed by atoms with Crippen molar-refractivity contribution in [3.63, 3.8) is 0 Å². The minimum absolute atomic E-state index is 0.132. The van der Waals surface area contributed by atoms with Crippen molar-refractivity contribution in [2.75, 3.05) is 7.05 Å². The number of rotatable bonds is 3. The molecular formula is C14H15ClFNS. The second-order valence-corrected chi connectivity index (χ2v) is 6.15. The molecule has 0 saturated carbocycles. The van der Waals surface area contributed by atoms with Gasteiger partial charge in [-0.2, -0.15) is 0 Å². The smallest absolute Gasteiger partial charge is 0.129 e. The van der Waals surface area contributed by atoms with E-state index in [-0.39, 0.29) is 11.9 Å². The number of hydrogen-bond donors (Lipinski definition) is 1. The van der Waals surface area contributed by atoms with Crippen molar-refractivity contribution in [3.05, 3.63) is 56.0 Å². The molecule has 0 spiro atoms. The van der Waals surface area contributed by atoms with Crippen LogP contribution < -0.4 is 5.32 Å². The van der Waals surface area contributed by atoms with Crippen molar-refractivity contribution in [2.24, 2.45) is 0 Å². The van der Waals surface area contributed by atoms with Crippen LogP contribution in [0.4, 0.5) is 4.39 Å². The number of thiophene rings is 1. The van der Waals surface area contributed by atoms with Crippen molar-refractivity contribution in [1.82, 2.24) is 5.32 Å². The molecule has 2 aromatic rings. The summed E-state index contributed by atoms with van der Waals surface area (Å²) < 4.78 is 14.0. The molecule has 1 unspecified atom stereocenters. The molecule has 0 saturated heterocycles. The highest BCUT2D eigenvalue weighted by atomic mass is 35.5. The summed E-state index contributed by atoms with van der Waals surface area (Å²) in [6.45, 7) is 4.12. The molecule has 0 aliphatic rings. The third-order valence-electron chi connectivity index (χ3n) is 2.95. The highest BCUT2D eigenvalue weighted by Crippen LogP contribution is 2.32. The van der Waals surface area contributed by atoms with Crippen LogP contribution in [0.3, 0.4) is 0 Å². The average molecular weight is 284 g/mol. The second-order valence-electron chi connectivity index (χ2n) is 4.26. The van der Waals surface area contributed by atoms with Gasteiger partial charge in [-0.1, -0.05) is 17.7 Å². The molecule has 0 aliphatic heterocycles. The maximum absolute atomic E-state index is 14.0. The van der Waals surface area contributed by atoms with Crippen molar-refractivity contribution >= 4 is 22.9 Å². The van der Waals surface area contributed by atoms with Crippen molar-refractivity contribution in [2.45, 2.75) is 19.9 Å². The summed E-state index contributed by atoms with van der Waals surface area (Å²) in [4.78, 5) is 2.44. The van der Waals surface area contributed by atoms with Crippen LogP contribution in [-0.2, 0) is 0 Å². The lowest BCUT2D eigenvalue weighted by atomic mass is 9.99. The maximum atomic E-state index is 14.0. The van der Waals surface area contributed by atoms with Gasteiger partial charge in [-0.05, 0) is 44.7 Å². The molecule has 1 atom stereocenters. The molecule has 1 nitrogen and oxygen atoms in total. The number of nitrogens with one attached hydrogen (secondary N) is 1. The molecule has 0 aliphatic carbocycles. The lowest BCUT2D eigenvalue weighted by Gasteiger charge is -2.17. The van der Waals surface area contributed by atoms with Gasteiger partial charge in [0.15, 0.2) is 0 Å². The number of halogens is 2. The molecule has 1 aromatic carbocycles. The molecule has 0 bridgehead atoms. The van der Waals surface area contributed by atoms with Crippen LogP contribution in [0.1, 0.15) is 26.9 Å². The predicted molar refractivity (Wildman–Crippen MR) is 76.1 cm³/mol. The van der Waals surface area contributed by atoms with E-state index in [1.807, 2.05) is 7.05 Å². The highest BCUT2D eigenvalue weighted by molar-refractivity contribution is 7.12. The Labute approximate surface area is 116 Å². The van der Waals surface area contributed by atoms with E-state index in [0.29, 0.717) is 10.6 Å². The lowest BCUT2D eigenvalue weighted by Crippen LogP contribution is -2.19. The van der Waals surface area contributed by atoms with Crippen molar-refractivity contribution < 1.29 is 4.39 Å². The van der Waals surface area contributed by atoms with Gasteiger partial charge in [-0.15, -0.1) is 11.3 Å². The van der Waals surface area contributed by atoms with Crippen LogP contribution in [0.15, 0.2) is 24.3 Å². The van der Waals surface area contributed by atoms with Crippen molar-refractivity contribution in [3.8, 4) is 0 Å². The zero-order valence-corrected chi connectivity index (χ0v) is 12.1. The molecule has 0 amide bonds. The standard InChI is InChI=1S/C14H15ClFNS/c1-8-6-12(9(2)18-8)14(17-3)11-5-4-10(15)7-13(11)16/h4-7,14,17H,1-3H3. The van der Waals surface area contributed by atoms with E-state index in [0.717, 1.165) is 5.56 Å². The molecule has 18 heavy (non-hydrogen) atoms. The normalized spacial score (nSPS) is 12.7. The zero-order chi connectivity index (χ0) is 13.3. The van der Waals surface area contributed by atoms with Crippen LogP contribution in [0.2, 0.25) is 5.02 Å². The van der Waals surface area contributed by atoms with Gasteiger partial charge in [0.05, 0.1) is 6.04 Å². The van der Waals surface area contributed by atoms with Gasteiger partial charge in [0.25, 0.3) is 0 Å². The summed E-state index contributed by atoms with van der Waals surface area (Å²) in [5, 5.41) is 3.59. The molecule has 1 heterocycles. The van der Waals surface area contributed by atoms with Gasteiger partial charge in [-0.25, -0.2) is 4.39 Å². The van der Waals surface area contributed by atoms with Gasteiger partial charge in [0.1, 0.15) is 5.82 Å². The molecule has 2 rings (SSSR count). The van der Waals surface area contributed by atoms with E-state index in [1.165, 1.54) is 15.8 Å². The van der Waals surface area contributed by atoms with Crippen LogP contribution in [-0.4, -0.2) is 7.05 Å². The summed E-state index contributed by atoms with van der Waals surface area (Å²) in [5.41, 5.74) is 1.75. The second kappa shape index (κ2) is 5.39. The molecular weight excluding hydrogens is 269 g/mol. The SMILES string of the molecule is CNC(c1ccc(Cl)cc1F)c1cc(C)sc1C. The minimum atomic E-state index is -0.273. The van der Waals surface area contributed by atoms with E-state index >= 15 is 0 Å². The molecule has 4 heteroatoms. The predicted octanol–water partition coefficient (Wildman–Crippen LogP) is 4.47. The molecule has 1 N–H and O–H groups in total. The van der Waals surface area contributed by atoms with Crippen LogP contribution in [0.25, 0.3) is 0 Å². The third kappa shape index (κ3) is 2.58. The molecule has 0 radical (unpaired) electrons. The van der Waals surface area contributed by atoms with Gasteiger partial charge in [0.2, 0.25) is 0 Å². The Morgan fingerprint density at radius 3 is 2.44 bits per heavy atom. The summed E-state index contributed by atoms with van der Waals surface area (Å²) in [5.74, 6) is -0.273. The number of aryl methyl sites for hydroxylation is 2. The van der Waals surface area contributed by atoms with E-state index in [4.69, 9.17) is 11.6 Å². The van der Waals surface area contributed by atoms with Crippen LogP contribution >= 0.6 is 22.9 Å². The Kier molecular flexibility index (Phi) is 4.05. The molecule has 0 fully saturated rings. The summed E-state index contributed by atoms with van der Waals surface area (Å²) in [6.07, 6.45) is 0. The Bertz CT molecular complexity index is 565. The summed E-state index contributed by atoms with van der Waals surface area (Å²) in [6, 6.07) is 6.79. The topological polar surface area (TPSA) is 12.0 Å². The van der Waals surface area contributed by atoms with Gasteiger partial charge in [-0.3, -0.25) is 0 Å². The van der Waals surface area contributed by atoms with E-state index in [2.05, 4.69) is 25.2 Å². The number of hydrogen-bond acceptors (Lipinski definition) is 2. The Morgan fingerprint density at radius 1 is 1.22 bits per heavy atom. The fraction of sp³-hybridized carbons (Fsp3) is 0.286. The van der Waals surface area contributed by atoms with Crippen LogP contribution in [0.5, 0.6) is 0 Å². The molecule has 96 valence electrons. The summed E-state index contributed by atoms with van der Waals surface area (Å²) in [7, 11) is 1.84. The van der Waals surface area contributed by atoms with E-state index < -0.39 is 0 Å². The highest BCUT2D eigenvalue weighted by Gasteiger charge is 2.19. The Hall–Kier alpha value is -0.900. The third-order valence-corrected chi connectivity index (χ3v) is 4.17. The largest absolute Gasteiger partial charge is 0.309 e. The quantitative estimate of drug-likeness (QED) is 0.876. The fourth-order valence-electron chi connectivity index (χ4n) is 2.15. The average Bonchev–Trinajstić information content (AvgIpc) is 2.62. The monoisotopic (exact) mass is 283 g/mol. The van der Waals surface area contributed by atoms with Gasteiger partial charge < -0.3 is 5.32 Å².